The van der Waals surface area contributed by atoms with E-state index in [2.05, 4.69) is 20.6 Å². The Balaban J connectivity index is 0.986. The first-order chi connectivity index (χ1) is 17.7. The van der Waals surface area contributed by atoms with Crippen LogP contribution in [0.25, 0.3) is 21.8 Å². The molecule has 0 aliphatic carbocycles. The molecule has 2 aromatic heterocycles. The van der Waals surface area contributed by atoms with E-state index in [9.17, 15) is 0 Å². The lowest BCUT2D eigenvalue weighted by Gasteiger charge is -2.10. The molecule has 190 valence electrons. The number of nitrogens with one attached hydrogen (secondary N) is 2. The highest BCUT2D eigenvalue weighted by Crippen LogP contribution is 2.25. The average molecular weight is 527 g/mol. The van der Waals surface area contributed by atoms with Gasteiger partial charge in [0.1, 0.15) is 0 Å². The highest BCUT2D eigenvalue weighted by atomic mass is 35.5. The summed E-state index contributed by atoms with van der Waals surface area (Å²) < 4.78 is 11.5. The van der Waals surface area contributed by atoms with Gasteiger partial charge in [0.2, 0.25) is 0 Å². The fraction of sp³-hybridized carbons (Fsp3) is 0.357. The molecule has 36 heavy (non-hydrogen) atoms. The van der Waals surface area contributed by atoms with Crippen molar-refractivity contribution in [2.45, 2.75) is 25.7 Å². The van der Waals surface area contributed by atoms with Crippen molar-refractivity contribution in [2.24, 2.45) is 0 Å². The molecule has 2 aromatic carbocycles. The third-order valence-electron chi connectivity index (χ3n) is 5.80. The summed E-state index contributed by atoms with van der Waals surface area (Å²) in [5.74, 6) is 0. The zero-order valence-electron chi connectivity index (χ0n) is 20.3. The number of ether oxygens (including phenoxy) is 2. The molecular formula is C28H32Cl2N4O2. The van der Waals surface area contributed by atoms with Gasteiger partial charge in [0.25, 0.3) is 0 Å². The highest BCUT2D eigenvalue weighted by molar-refractivity contribution is 6.31. The second-order valence-electron chi connectivity index (χ2n) is 8.53. The number of anilines is 2. The van der Waals surface area contributed by atoms with Crippen molar-refractivity contribution >= 4 is 56.4 Å². The van der Waals surface area contributed by atoms with E-state index in [1.54, 1.807) is 12.4 Å². The maximum atomic E-state index is 6.05. The van der Waals surface area contributed by atoms with Crippen molar-refractivity contribution < 1.29 is 9.47 Å². The van der Waals surface area contributed by atoms with Crippen LogP contribution in [0.3, 0.4) is 0 Å². The Kier molecular flexibility index (Phi) is 10.4. The van der Waals surface area contributed by atoms with Gasteiger partial charge in [-0.25, -0.2) is 0 Å². The third kappa shape index (κ3) is 7.93. The lowest BCUT2D eigenvalue weighted by Crippen LogP contribution is -2.08. The molecule has 0 saturated carbocycles. The monoisotopic (exact) mass is 526 g/mol. The van der Waals surface area contributed by atoms with Gasteiger partial charge in [-0.2, -0.15) is 0 Å². The van der Waals surface area contributed by atoms with E-state index in [1.165, 1.54) is 0 Å². The molecule has 0 bridgehead atoms. The van der Waals surface area contributed by atoms with Crippen molar-refractivity contribution in [1.82, 2.24) is 9.97 Å². The van der Waals surface area contributed by atoms with Gasteiger partial charge in [-0.05, 0) is 74.2 Å². The standard InChI is InChI=1S/C28H32Cl2N4O2/c29-21-5-7-23-25(9-13-33-27(23)19-21)31-11-3-17-35-15-1-2-16-36-18-4-12-32-26-10-14-34-28-20-22(30)6-8-24(26)28/h5-10,13-14,19-20H,1-4,11-12,15-18H2,(H,31,33)(H,32,34). The normalized spacial score (nSPS) is 11.3. The summed E-state index contributed by atoms with van der Waals surface area (Å²) in [5.41, 5.74) is 3.94. The molecule has 0 radical (unpaired) electrons. The molecular weight excluding hydrogens is 495 g/mol. The van der Waals surface area contributed by atoms with E-state index >= 15 is 0 Å². The van der Waals surface area contributed by atoms with Crippen LogP contribution in [0.2, 0.25) is 10.0 Å². The van der Waals surface area contributed by atoms with Crippen LogP contribution in [0, 0.1) is 0 Å². The molecule has 0 amide bonds. The molecule has 8 heteroatoms. The third-order valence-corrected chi connectivity index (χ3v) is 6.27. The Bertz CT molecular complexity index is 1160. The van der Waals surface area contributed by atoms with Crippen molar-refractivity contribution in [3.8, 4) is 0 Å². The first-order valence-electron chi connectivity index (χ1n) is 12.4. The minimum absolute atomic E-state index is 0.698. The van der Waals surface area contributed by atoms with Crippen molar-refractivity contribution in [3.05, 3.63) is 71.0 Å². The van der Waals surface area contributed by atoms with E-state index in [-0.39, 0.29) is 0 Å². The van der Waals surface area contributed by atoms with Crippen LogP contribution >= 0.6 is 23.2 Å². The number of hydrogen-bond acceptors (Lipinski definition) is 6. The second-order valence-corrected chi connectivity index (χ2v) is 9.41. The minimum Gasteiger partial charge on any atom is -0.384 e. The molecule has 6 nitrogen and oxygen atoms in total. The van der Waals surface area contributed by atoms with Gasteiger partial charge >= 0.3 is 0 Å². The van der Waals surface area contributed by atoms with Crippen LogP contribution in [-0.2, 0) is 9.47 Å². The van der Waals surface area contributed by atoms with Crippen LogP contribution in [-0.4, -0.2) is 49.5 Å². The molecule has 0 saturated heterocycles. The lowest BCUT2D eigenvalue weighted by molar-refractivity contribution is 0.102. The number of aromatic nitrogens is 2. The predicted octanol–water partition coefficient (Wildman–Crippen LogP) is 7.21. The topological polar surface area (TPSA) is 68.3 Å². The number of halogens is 2. The Morgan fingerprint density at radius 3 is 1.50 bits per heavy atom. The summed E-state index contributed by atoms with van der Waals surface area (Å²) in [5, 5.41) is 10.5. The van der Waals surface area contributed by atoms with Crippen LogP contribution in [0.1, 0.15) is 25.7 Å². The van der Waals surface area contributed by atoms with Crippen molar-refractivity contribution in [2.75, 3.05) is 50.2 Å². The maximum Gasteiger partial charge on any atom is 0.0737 e. The number of fused-ring (bicyclic) bond motifs is 2. The van der Waals surface area contributed by atoms with Gasteiger partial charge in [-0.1, -0.05) is 23.2 Å². The maximum absolute atomic E-state index is 6.05. The van der Waals surface area contributed by atoms with E-state index in [4.69, 9.17) is 32.7 Å². The predicted molar refractivity (Wildman–Crippen MR) is 151 cm³/mol. The number of nitrogens with zero attached hydrogens (tertiary/aromatic N) is 2. The quantitative estimate of drug-likeness (QED) is 0.159. The molecule has 0 spiro atoms. The molecule has 0 unspecified atom stereocenters. The van der Waals surface area contributed by atoms with E-state index in [0.717, 1.165) is 98.4 Å². The molecule has 0 atom stereocenters. The number of hydrogen-bond donors (Lipinski definition) is 2. The zero-order chi connectivity index (χ0) is 25.0. The number of unbranched alkanes of at least 4 members (excludes halogenated alkanes) is 1. The smallest absolute Gasteiger partial charge is 0.0737 e. The van der Waals surface area contributed by atoms with E-state index in [1.807, 2.05) is 48.5 Å². The first kappa shape index (κ1) is 26.4. The number of benzene rings is 2. The zero-order valence-corrected chi connectivity index (χ0v) is 21.8. The average Bonchev–Trinajstić information content (AvgIpc) is 2.88. The fourth-order valence-electron chi connectivity index (χ4n) is 3.96. The molecule has 0 aliphatic rings. The summed E-state index contributed by atoms with van der Waals surface area (Å²) in [6, 6.07) is 15.5. The van der Waals surface area contributed by atoms with Crippen LogP contribution in [0.4, 0.5) is 11.4 Å². The summed E-state index contributed by atoms with van der Waals surface area (Å²) in [7, 11) is 0. The summed E-state index contributed by atoms with van der Waals surface area (Å²) in [6.07, 6.45) is 7.51. The number of pyridine rings is 2. The van der Waals surface area contributed by atoms with Gasteiger partial charge < -0.3 is 20.1 Å². The first-order valence-corrected chi connectivity index (χ1v) is 13.2. The van der Waals surface area contributed by atoms with Crippen molar-refractivity contribution in [3.63, 3.8) is 0 Å². The van der Waals surface area contributed by atoms with Gasteiger partial charge in [-0.3, -0.25) is 9.97 Å². The summed E-state index contributed by atoms with van der Waals surface area (Å²) in [4.78, 5) is 8.75. The Labute approximate surface area is 222 Å². The van der Waals surface area contributed by atoms with Crippen LogP contribution in [0.15, 0.2) is 60.9 Å². The minimum atomic E-state index is 0.698. The Morgan fingerprint density at radius 2 is 1.03 bits per heavy atom. The van der Waals surface area contributed by atoms with Gasteiger partial charge in [0.15, 0.2) is 0 Å². The molecule has 2 N–H and O–H groups in total. The van der Waals surface area contributed by atoms with Gasteiger partial charge in [0, 0.05) is 84.1 Å². The Hall–Kier alpha value is -2.64. The fourth-order valence-corrected chi connectivity index (χ4v) is 4.29. The van der Waals surface area contributed by atoms with Gasteiger partial charge in [0.05, 0.1) is 11.0 Å². The molecule has 0 aliphatic heterocycles. The second kappa shape index (κ2) is 14.2. The lowest BCUT2D eigenvalue weighted by atomic mass is 10.2. The Morgan fingerprint density at radius 1 is 0.583 bits per heavy atom. The molecule has 4 rings (SSSR count). The van der Waals surface area contributed by atoms with E-state index in [0.29, 0.717) is 10.0 Å². The van der Waals surface area contributed by atoms with E-state index < -0.39 is 0 Å². The summed E-state index contributed by atoms with van der Waals surface area (Å²) in [6.45, 7) is 4.71. The molecule has 4 aromatic rings. The SMILES string of the molecule is Clc1ccc2c(NCCCOCCCCOCCCNc3ccnc4cc(Cl)ccc34)ccnc2c1. The highest BCUT2D eigenvalue weighted by Gasteiger charge is 2.03. The van der Waals surface area contributed by atoms with Crippen molar-refractivity contribution in [1.29, 1.82) is 0 Å². The van der Waals surface area contributed by atoms with Crippen LogP contribution in [0.5, 0.6) is 0 Å². The number of rotatable bonds is 15. The molecule has 0 fully saturated rings. The largest absolute Gasteiger partial charge is 0.384 e. The molecule has 2 heterocycles. The van der Waals surface area contributed by atoms with Crippen LogP contribution < -0.4 is 10.6 Å². The van der Waals surface area contributed by atoms with Gasteiger partial charge in [-0.15, -0.1) is 0 Å². The summed E-state index contributed by atoms with van der Waals surface area (Å²) >= 11 is 12.1.